The number of aliphatic hydroxyl groups is 1. The summed E-state index contributed by atoms with van der Waals surface area (Å²) in [6.07, 6.45) is 6.15. The Bertz CT molecular complexity index is 968. The van der Waals surface area contributed by atoms with Crippen molar-refractivity contribution in [2.45, 2.75) is 5.60 Å². The van der Waals surface area contributed by atoms with Gasteiger partial charge in [0, 0.05) is 5.56 Å². The third-order valence-corrected chi connectivity index (χ3v) is 4.07. The molecule has 4 N–H and O–H groups in total. The highest BCUT2D eigenvalue weighted by molar-refractivity contribution is 7.92. The Kier molecular flexibility index (Phi) is 4.83. The van der Waals surface area contributed by atoms with Gasteiger partial charge in [-0.3, -0.25) is 9.52 Å². The summed E-state index contributed by atoms with van der Waals surface area (Å²) in [4.78, 5) is 11.9. The van der Waals surface area contributed by atoms with Gasteiger partial charge in [-0.1, -0.05) is 36.3 Å². The summed E-state index contributed by atoms with van der Waals surface area (Å²) in [5.74, 6) is -0.0522. The smallest absolute Gasteiger partial charge is 0.258 e. The van der Waals surface area contributed by atoms with Gasteiger partial charge in [-0.15, -0.1) is 6.42 Å². The molecule has 25 heavy (non-hydrogen) atoms. The number of amides is 1. The molecule has 0 bridgehead atoms. The van der Waals surface area contributed by atoms with Crippen LogP contribution < -0.4 is 10.5 Å². The number of anilines is 1. The lowest BCUT2D eigenvalue weighted by molar-refractivity contribution is -0.133. The second-order valence-electron chi connectivity index (χ2n) is 5.34. The molecule has 2 aromatic carbocycles. The highest BCUT2D eigenvalue weighted by Crippen LogP contribution is 2.33. The fourth-order valence-corrected chi connectivity index (χ4v) is 2.93. The molecule has 2 rings (SSSR count). The molecule has 6 nitrogen and oxygen atoms in total. The number of nitrogens with two attached hydrogens (primary N) is 1. The van der Waals surface area contributed by atoms with Crippen LogP contribution in [0, 0.1) is 18.2 Å². The predicted molar refractivity (Wildman–Crippen MR) is 91.4 cm³/mol. The van der Waals surface area contributed by atoms with E-state index >= 15 is 0 Å². The number of terminal acetylenes is 1. The van der Waals surface area contributed by atoms with Gasteiger partial charge in [-0.2, -0.15) is 0 Å². The number of hydrogen-bond acceptors (Lipinski definition) is 4. The van der Waals surface area contributed by atoms with E-state index in [-0.39, 0.29) is 16.7 Å². The average molecular weight is 362 g/mol. The van der Waals surface area contributed by atoms with Crippen LogP contribution >= 0.6 is 0 Å². The summed E-state index contributed by atoms with van der Waals surface area (Å²) in [6, 6.07) is 9.64. The van der Waals surface area contributed by atoms with E-state index in [9.17, 15) is 22.7 Å². The third kappa shape index (κ3) is 3.63. The highest BCUT2D eigenvalue weighted by Gasteiger charge is 2.39. The van der Waals surface area contributed by atoms with Crippen molar-refractivity contribution in [3.05, 3.63) is 65.0 Å². The molecule has 0 aromatic heterocycles. The second-order valence-corrected chi connectivity index (χ2v) is 7.09. The highest BCUT2D eigenvalue weighted by atomic mass is 32.2. The van der Waals surface area contributed by atoms with Crippen LogP contribution in [0.15, 0.2) is 42.5 Å². The maximum absolute atomic E-state index is 14.5. The molecule has 0 aliphatic rings. The molecule has 0 saturated heterocycles. The fourth-order valence-electron chi connectivity index (χ4n) is 2.35. The molecule has 0 radical (unpaired) electrons. The van der Waals surface area contributed by atoms with Crippen molar-refractivity contribution in [2.24, 2.45) is 5.73 Å². The molecular weight excluding hydrogens is 347 g/mol. The van der Waals surface area contributed by atoms with Crippen molar-refractivity contribution >= 4 is 21.6 Å². The lowest BCUT2D eigenvalue weighted by atomic mass is 9.84. The van der Waals surface area contributed by atoms with Gasteiger partial charge < -0.3 is 10.8 Å². The summed E-state index contributed by atoms with van der Waals surface area (Å²) in [6.45, 7) is 0. The first-order chi connectivity index (χ1) is 11.6. The van der Waals surface area contributed by atoms with Crippen LogP contribution in [0.1, 0.15) is 16.7 Å². The van der Waals surface area contributed by atoms with Gasteiger partial charge in [0.15, 0.2) is 5.60 Å². The van der Waals surface area contributed by atoms with E-state index in [1.807, 2.05) is 4.72 Å². The number of carbonyl (C=O) groups is 1. The summed E-state index contributed by atoms with van der Waals surface area (Å²) in [5, 5.41) is 10.9. The number of hydrogen-bond donors (Lipinski definition) is 3. The summed E-state index contributed by atoms with van der Waals surface area (Å²) < 4.78 is 39.2. The molecule has 1 amide bonds. The van der Waals surface area contributed by atoms with Gasteiger partial charge in [-0.25, -0.2) is 12.8 Å². The predicted octanol–water partition coefficient (Wildman–Crippen LogP) is 0.900. The van der Waals surface area contributed by atoms with E-state index < -0.39 is 33.0 Å². The SMILES string of the molecule is C#Cc1cc(C(O)(C(N)=O)c2ccccc2)cc(F)c1NS(C)(=O)=O. The van der Waals surface area contributed by atoms with Gasteiger partial charge in [0.1, 0.15) is 5.82 Å². The second kappa shape index (κ2) is 6.55. The van der Waals surface area contributed by atoms with E-state index in [1.165, 1.54) is 12.1 Å². The van der Waals surface area contributed by atoms with Crippen molar-refractivity contribution < 1.29 is 22.7 Å². The van der Waals surface area contributed by atoms with E-state index in [1.54, 1.807) is 18.2 Å². The Labute approximate surface area is 144 Å². The molecule has 1 unspecified atom stereocenters. The van der Waals surface area contributed by atoms with Crippen LogP contribution in [-0.4, -0.2) is 25.7 Å². The number of rotatable bonds is 5. The minimum Gasteiger partial charge on any atom is -0.372 e. The Morgan fingerprint density at radius 3 is 2.36 bits per heavy atom. The van der Waals surface area contributed by atoms with Crippen molar-refractivity contribution in [1.29, 1.82) is 0 Å². The normalized spacial score (nSPS) is 13.5. The van der Waals surface area contributed by atoms with Gasteiger partial charge in [0.25, 0.3) is 5.91 Å². The van der Waals surface area contributed by atoms with Gasteiger partial charge in [0.05, 0.1) is 17.5 Å². The van der Waals surface area contributed by atoms with Crippen LogP contribution in [0.2, 0.25) is 0 Å². The van der Waals surface area contributed by atoms with E-state index in [0.29, 0.717) is 0 Å². The maximum Gasteiger partial charge on any atom is 0.258 e. The molecule has 0 aliphatic carbocycles. The average Bonchev–Trinajstić information content (AvgIpc) is 2.55. The zero-order valence-corrected chi connectivity index (χ0v) is 14.0. The van der Waals surface area contributed by atoms with Crippen LogP contribution in [0.25, 0.3) is 0 Å². The fraction of sp³-hybridized carbons (Fsp3) is 0.118. The van der Waals surface area contributed by atoms with E-state index in [2.05, 4.69) is 5.92 Å². The zero-order chi connectivity index (χ0) is 18.8. The number of primary amides is 1. The van der Waals surface area contributed by atoms with E-state index in [0.717, 1.165) is 18.4 Å². The standard InChI is InChI=1S/C17H15FN2O4S/c1-3-11-9-13(10-14(18)15(11)20-25(2,23)24)17(22,16(19)21)12-7-5-4-6-8-12/h1,4-10,20,22H,2H3,(H2,19,21). The zero-order valence-electron chi connectivity index (χ0n) is 13.2. The minimum absolute atomic E-state index is 0.119. The monoisotopic (exact) mass is 362 g/mol. The van der Waals surface area contributed by atoms with E-state index in [4.69, 9.17) is 12.2 Å². The quantitative estimate of drug-likeness (QED) is 0.687. The first kappa shape index (κ1) is 18.4. The molecule has 0 heterocycles. The molecule has 0 saturated carbocycles. The molecular formula is C17H15FN2O4S. The number of benzene rings is 2. The van der Waals surface area contributed by atoms with Crippen molar-refractivity contribution in [3.63, 3.8) is 0 Å². The number of nitrogens with one attached hydrogen (secondary N) is 1. The Morgan fingerprint density at radius 2 is 1.88 bits per heavy atom. The lowest BCUT2D eigenvalue weighted by Crippen LogP contribution is -2.42. The van der Waals surface area contributed by atoms with Crippen molar-refractivity contribution in [2.75, 3.05) is 11.0 Å². The first-order valence-corrected chi connectivity index (χ1v) is 8.85. The Balaban J connectivity index is 2.72. The van der Waals surface area contributed by atoms with Crippen LogP contribution in [0.4, 0.5) is 10.1 Å². The van der Waals surface area contributed by atoms with Gasteiger partial charge in [0.2, 0.25) is 10.0 Å². The van der Waals surface area contributed by atoms with Gasteiger partial charge >= 0.3 is 0 Å². The molecule has 2 aromatic rings. The number of halogens is 1. The van der Waals surface area contributed by atoms with Crippen LogP contribution in [0.5, 0.6) is 0 Å². The van der Waals surface area contributed by atoms with Crippen molar-refractivity contribution in [1.82, 2.24) is 0 Å². The molecule has 0 aliphatic heterocycles. The molecule has 0 spiro atoms. The summed E-state index contributed by atoms with van der Waals surface area (Å²) >= 11 is 0. The molecule has 130 valence electrons. The number of sulfonamides is 1. The maximum atomic E-state index is 14.5. The van der Waals surface area contributed by atoms with Crippen LogP contribution in [-0.2, 0) is 20.4 Å². The summed E-state index contributed by atoms with van der Waals surface area (Å²) in [5.41, 5.74) is 2.28. The first-order valence-electron chi connectivity index (χ1n) is 6.96. The van der Waals surface area contributed by atoms with Gasteiger partial charge in [-0.05, 0) is 17.7 Å². The number of carbonyl (C=O) groups excluding carboxylic acids is 1. The molecule has 1 atom stereocenters. The van der Waals surface area contributed by atoms with Crippen LogP contribution in [0.3, 0.4) is 0 Å². The third-order valence-electron chi connectivity index (χ3n) is 3.50. The molecule has 8 heteroatoms. The Morgan fingerprint density at radius 1 is 1.28 bits per heavy atom. The molecule has 0 fully saturated rings. The van der Waals surface area contributed by atoms with Crippen molar-refractivity contribution in [3.8, 4) is 12.3 Å². The Hall–Kier alpha value is -2.89. The largest absolute Gasteiger partial charge is 0.372 e. The summed E-state index contributed by atoms with van der Waals surface area (Å²) in [7, 11) is -3.79. The topological polar surface area (TPSA) is 109 Å². The minimum atomic E-state index is -3.79. The lowest BCUT2D eigenvalue weighted by Gasteiger charge is -2.26.